The zero-order chi connectivity index (χ0) is 12.1. The van der Waals surface area contributed by atoms with Gasteiger partial charge in [0, 0.05) is 19.3 Å². The minimum absolute atomic E-state index is 0.248. The molecule has 1 unspecified atom stereocenters. The predicted octanol–water partition coefficient (Wildman–Crippen LogP) is 1.17. The molecule has 1 saturated heterocycles. The number of nitrogens with zero attached hydrogens (tertiary/aromatic N) is 2. The minimum Gasteiger partial charge on any atom is -0.480 e. The molecule has 0 amide bonds. The third-order valence-electron chi connectivity index (χ3n) is 3.24. The summed E-state index contributed by atoms with van der Waals surface area (Å²) < 4.78 is 10.4. The van der Waals surface area contributed by atoms with E-state index in [-0.39, 0.29) is 6.04 Å². The molecule has 0 aromatic carbocycles. The van der Waals surface area contributed by atoms with Gasteiger partial charge < -0.3 is 14.8 Å². The van der Waals surface area contributed by atoms with Crippen LogP contribution in [0.5, 0.6) is 5.88 Å². The molecule has 17 heavy (non-hydrogen) atoms. The molecule has 1 aromatic rings. The summed E-state index contributed by atoms with van der Waals surface area (Å²) in [5.41, 5.74) is 0.972. The summed E-state index contributed by atoms with van der Waals surface area (Å²) in [5, 5.41) is 11.6. The van der Waals surface area contributed by atoms with Gasteiger partial charge in [-0.2, -0.15) is 5.10 Å². The van der Waals surface area contributed by atoms with E-state index in [4.69, 9.17) is 9.47 Å². The molecular weight excluding hydrogens is 218 g/mol. The van der Waals surface area contributed by atoms with Crippen LogP contribution in [0.15, 0.2) is 12.1 Å². The van der Waals surface area contributed by atoms with Crippen molar-refractivity contribution in [1.82, 2.24) is 15.5 Å². The molecule has 2 rings (SSSR count). The van der Waals surface area contributed by atoms with Gasteiger partial charge in [0.1, 0.15) is 0 Å². The number of aromatic nitrogens is 2. The minimum atomic E-state index is 0.248. The maximum Gasteiger partial charge on any atom is 0.233 e. The largest absolute Gasteiger partial charge is 0.480 e. The zero-order valence-electron chi connectivity index (χ0n) is 10.3. The summed E-state index contributed by atoms with van der Waals surface area (Å²) in [5.74, 6) is 1.12. The highest BCUT2D eigenvalue weighted by Gasteiger charge is 2.25. The third-order valence-corrected chi connectivity index (χ3v) is 3.24. The van der Waals surface area contributed by atoms with Crippen LogP contribution in [0.25, 0.3) is 0 Å². The molecule has 0 aliphatic carbocycles. The Balaban J connectivity index is 2.10. The first kappa shape index (κ1) is 12.3. The number of methoxy groups -OCH3 is 1. The van der Waals surface area contributed by atoms with Crippen molar-refractivity contribution < 1.29 is 9.47 Å². The lowest BCUT2D eigenvalue weighted by Crippen LogP contribution is -2.30. The van der Waals surface area contributed by atoms with Gasteiger partial charge in [-0.25, -0.2) is 0 Å². The highest BCUT2D eigenvalue weighted by Crippen LogP contribution is 2.28. The first-order valence-electron chi connectivity index (χ1n) is 5.97. The van der Waals surface area contributed by atoms with Crippen LogP contribution < -0.4 is 10.1 Å². The van der Waals surface area contributed by atoms with Crippen molar-refractivity contribution in [3.05, 3.63) is 17.8 Å². The van der Waals surface area contributed by atoms with Crippen LogP contribution in [-0.2, 0) is 4.74 Å². The zero-order valence-corrected chi connectivity index (χ0v) is 10.3. The molecule has 0 radical (unpaired) electrons. The second-order valence-corrected chi connectivity index (χ2v) is 4.22. The van der Waals surface area contributed by atoms with Gasteiger partial charge >= 0.3 is 0 Å². The number of rotatable bonds is 4. The fourth-order valence-corrected chi connectivity index (χ4v) is 2.28. The van der Waals surface area contributed by atoms with Gasteiger partial charge in [-0.1, -0.05) is 0 Å². The SMILES string of the molecule is CNC(c1ccc(OC)nn1)C1CCOCC1. The summed E-state index contributed by atoms with van der Waals surface area (Å²) in [6.45, 7) is 1.68. The molecule has 94 valence electrons. The van der Waals surface area contributed by atoms with Crippen molar-refractivity contribution in [3.8, 4) is 5.88 Å². The van der Waals surface area contributed by atoms with Crippen molar-refractivity contribution in [2.75, 3.05) is 27.4 Å². The van der Waals surface area contributed by atoms with E-state index in [1.54, 1.807) is 7.11 Å². The lowest BCUT2D eigenvalue weighted by Gasteiger charge is -2.29. The van der Waals surface area contributed by atoms with E-state index in [2.05, 4.69) is 15.5 Å². The van der Waals surface area contributed by atoms with E-state index < -0.39 is 0 Å². The van der Waals surface area contributed by atoms with Crippen molar-refractivity contribution in [2.24, 2.45) is 5.92 Å². The monoisotopic (exact) mass is 237 g/mol. The molecule has 0 bridgehead atoms. The molecular formula is C12H19N3O2. The Hall–Kier alpha value is -1.20. The van der Waals surface area contributed by atoms with E-state index in [1.807, 2.05) is 19.2 Å². The second kappa shape index (κ2) is 5.93. The van der Waals surface area contributed by atoms with E-state index in [0.29, 0.717) is 11.8 Å². The molecule has 1 atom stereocenters. The van der Waals surface area contributed by atoms with Gasteiger partial charge in [0.25, 0.3) is 0 Å². The molecule has 1 aliphatic rings. The van der Waals surface area contributed by atoms with Gasteiger partial charge in [-0.3, -0.25) is 0 Å². The number of hydrogen-bond donors (Lipinski definition) is 1. The average Bonchev–Trinajstić information content (AvgIpc) is 2.42. The molecule has 5 heteroatoms. The fraction of sp³-hybridized carbons (Fsp3) is 0.667. The number of ether oxygens (including phenoxy) is 2. The average molecular weight is 237 g/mol. The summed E-state index contributed by atoms with van der Waals surface area (Å²) in [4.78, 5) is 0. The second-order valence-electron chi connectivity index (χ2n) is 4.22. The van der Waals surface area contributed by atoms with E-state index in [0.717, 1.165) is 31.7 Å². The Kier molecular flexibility index (Phi) is 4.28. The molecule has 0 spiro atoms. The molecule has 2 heterocycles. The van der Waals surface area contributed by atoms with Crippen LogP contribution in [0, 0.1) is 5.92 Å². The maximum absolute atomic E-state index is 5.38. The predicted molar refractivity (Wildman–Crippen MR) is 63.9 cm³/mol. The van der Waals surface area contributed by atoms with Crippen molar-refractivity contribution in [1.29, 1.82) is 0 Å². The summed E-state index contributed by atoms with van der Waals surface area (Å²) in [7, 11) is 3.56. The topological polar surface area (TPSA) is 56.3 Å². The Morgan fingerprint density at radius 2 is 2.12 bits per heavy atom. The lowest BCUT2D eigenvalue weighted by atomic mass is 9.90. The molecule has 1 N–H and O–H groups in total. The van der Waals surface area contributed by atoms with Crippen LogP contribution in [-0.4, -0.2) is 37.6 Å². The Morgan fingerprint density at radius 3 is 2.65 bits per heavy atom. The van der Waals surface area contributed by atoms with Gasteiger partial charge in [-0.05, 0) is 31.9 Å². The van der Waals surface area contributed by atoms with Crippen LogP contribution in [0.1, 0.15) is 24.6 Å². The fourth-order valence-electron chi connectivity index (χ4n) is 2.28. The van der Waals surface area contributed by atoms with Gasteiger partial charge in [0.2, 0.25) is 5.88 Å². The summed E-state index contributed by atoms with van der Waals surface area (Å²) in [6, 6.07) is 4.08. The van der Waals surface area contributed by atoms with Crippen molar-refractivity contribution in [3.63, 3.8) is 0 Å². The summed E-state index contributed by atoms with van der Waals surface area (Å²) in [6.07, 6.45) is 2.14. The Morgan fingerprint density at radius 1 is 1.35 bits per heavy atom. The highest BCUT2D eigenvalue weighted by atomic mass is 16.5. The first-order chi connectivity index (χ1) is 8.35. The highest BCUT2D eigenvalue weighted by molar-refractivity contribution is 5.14. The van der Waals surface area contributed by atoms with Crippen molar-refractivity contribution >= 4 is 0 Å². The standard InChI is InChI=1S/C12H19N3O2/c1-13-12(9-5-7-17-8-6-9)10-3-4-11(16-2)15-14-10/h3-4,9,12-13H,5-8H2,1-2H3. The molecule has 5 nitrogen and oxygen atoms in total. The van der Waals surface area contributed by atoms with Crippen LogP contribution in [0.3, 0.4) is 0 Å². The van der Waals surface area contributed by atoms with Gasteiger partial charge in [0.15, 0.2) is 0 Å². The van der Waals surface area contributed by atoms with E-state index >= 15 is 0 Å². The molecule has 0 saturated carbocycles. The number of nitrogens with one attached hydrogen (secondary N) is 1. The smallest absolute Gasteiger partial charge is 0.233 e. The van der Waals surface area contributed by atoms with Crippen LogP contribution in [0.4, 0.5) is 0 Å². The lowest BCUT2D eigenvalue weighted by molar-refractivity contribution is 0.0539. The maximum atomic E-state index is 5.38. The quantitative estimate of drug-likeness (QED) is 0.852. The van der Waals surface area contributed by atoms with Crippen molar-refractivity contribution in [2.45, 2.75) is 18.9 Å². The normalized spacial score (nSPS) is 18.9. The Bertz CT molecular complexity index is 336. The molecule has 1 fully saturated rings. The molecule has 1 aromatic heterocycles. The third kappa shape index (κ3) is 2.92. The van der Waals surface area contributed by atoms with Gasteiger partial charge in [-0.15, -0.1) is 5.10 Å². The van der Waals surface area contributed by atoms with E-state index in [9.17, 15) is 0 Å². The first-order valence-corrected chi connectivity index (χ1v) is 5.97. The number of hydrogen-bond acceptors (Lipinski definition) is 5. The molecule has 1 aliphatic heterocycles. The summed E-state index contributed by atoms with van der Waals surface area (Å²) >= 11 is 0. The van der Waals surface area contributed by atoms with Crippen LogP contribution >= 0.6 is 0 Å². The van der Waals surface area contributed by atoms with Gasteiger partial charge in [0.05, 0.1) is 18.8 Å². The van der Waals surface area contributed by atoms with E-state index in [1.165, 1.54) is 0 Å². The Labute approximate surface area is 102 Å². The van der Waals surface area contributed by atoms with Crippen LogP contribution in [0.2, 0.25) is 0 Å².